The van der Waals surface area contributed by atoms with Gasteiger partial charge in [-0.2, -0.15) is 4.98 Å². The minimum Gasteiger partial charge on any atom is -0.497 e. The smallest absolute Gasteiger partial charge is 0.227 e. The van der Waals surface area contributed by atoms with Crippen LogP contribution in [0.2, 0.25) is 0 Å². The zero-order chi connectivity index (χ0) is 16.8. The number of nitrogens with zero attached hydrogens (tertiary/aromatic N) is 3. The lowest BCUT2D eigenvalue weighted by Crippen LogP contribution is -2.37. The Kier molecular flexibility index (Phi) is 5.48. The van der Waals surface area contributed by atoms with Gasteiger partial charge in [0.15, 0.2) is 0 Å². The maximum absolute atomic E-state index is 5.38. The average molecular weight is 328 g/mol. The molecule has 1 fully saturated rings. The van der Waals surface area contributed by atoms with Crippen LogP contribution < -0.4 is 15.0 Å². The number of aryl methyl sites for hydroxylation is 1. The van der Waals surface area contributed by atoms with Crippen molar-refractivity contribution >= 4 is 11.8 Å². The van der Waals surface area contributed by atoms with E-state index in [-0.39, 0.29) is 0 Å². The second kappa shape index (κ2) is 7.97. The number of anilines is 2. The summed E-state index contributed by atoms with van der Waals surface area (Å²) in [6.07, 6.45) is 2.81. The molecule has 6 heteroatoms. The molecule has 2 aromatic rings. The van der Waals surface area contributed by atoms with Crippen LogP contribution in [0.1, 0.15) is 11.1 Å². The third kappa shape index (κ3) is 4.14. The summed E-state index contributed by atoms with van der Waals surface area (Å²) in [4.78, 5) is 11.3. The Hall–Kier alpha value is -2.34. The van der Waals surface area contributed by atoms with Gasteiger partial charge in [-0.05, 0) is 31.0 Å². The predicted octanol–water partition coefficient (Wildman–Crippen LogP) is 2.28. The molecule has 1 aromatic carbocycles. The molecular formula is C18H24N4O2. The topological polar surface area (TPSA) is 59.5 Å². The zero-order valence-corrected chi connectivity index (χ0v) is 14.3. The lowest BCUT2D eigenvalue weighted by Gasteiger charge is -2.27. The second-order valence-electron chi connectivity index (χ2n) is 5.83. The van der Waals surface area contributed by atoms with Gasteiger partial charge in [-0.3, -0.25) is 0 Å². The van der Waals surface area contributed by atoms with Crippen molar-refractivity contribution in [1.29, 1.82) is 0 Å². The fourth-order valence-electron chi connectivity index (χ4n) is 2.64. The highest BCUT2D eigenvalue weighted by atomic mass is 16.5. The maximum Gasteiger partial charge on any atom is 0.227 e. The van der Waals surface area contributed by atoms with Crippen LogP contribution in [-0.2, 0) is 11.2 Å². The van der Waals surface area contributed by atoms with Crippen molar-refractivity contribution in [2.75, 3.05) is 50.2 Å². The van der Waals surface area contributed by atoms with Gasteiger partial charge in [-0.1, -0.05) is 12.1 Å². The average Bonchev–Trinajstić information content (AvgIpc) is 2.64. The van der Waals surface area contributed by atoms with Crippen molar-refractivity contribution in [3.8, 4) is 5.75 Å². The molecule has 0 atom stereocenters. The van der Waals surface area contributed by atoms with Gasteiger partial charge in [0, 0.05) is 31.4 Å². The number of aromatic nitrogens is 2. The summed E-state index contributed by atoms with van der Waals surface area (Å²) >= 11 is 0. The number of benzene rings is 1. The Morgan fingerprint density at radius 1 is 1.21 bits per heavy atom. The Bertz CT molecular complexity index is 655. The van der Waals surface area contributed by atoms with Crippen LogP contribution in [0, 0.1) is 6.92 Å². The lowest BCUT2D eigenvalue weighted by atomic mass is 10.1. The molecule has 1 N–H and O–H groups in total. The van der Waals surface area contributed by atoms with Gasteiger partial charge in [0.2, 0.25) is 5.95 Å². The van der Waals surface area contributed by atoms with Crippen LogP contribution in [0.25, 0.3) is 0 Å². The van der Waals surface area contributed by atoms with E-state index >= 15 is 0 Å². The minimum absolute atomic E-state index is 0.734. The van der Waals surface area contributed by atoms with Crippen LogP contribution in [0.3, 0.4) is 0 Å². The lowest BCUT2D eigenvalue weighted by molar-refractivity contribution is 0.122. The highest BCUT2D eigenvalue weighted by Gasteiger charge is 2.14. The van der Waals surface area contributed by atoms with Crippen LogP contribution in [-0.4, -0.2) is 49.9 Å². The van der Waals surface area contributed by atoms with E-state index in [0.717, 1.165) is 62.3 Å². The van der Waals surface area contributed by atoms with E-state index in [0.29, 0.717) is 0 Å². The fourth-order valence-corrected chi connectivity index (χ4v) is 2.64. The van der Waals surface area contributed by atoms with E-state index in [1.165, 1.54) is 5.56 Å². The second-order valence-corrected chi connectivity index (χ2v) is 5.83. The molecule has 1 saturated heterocycles. The quantitative estimate of drug-likeness (QED) is 0.878. The van der Waals surface area contributed by atoms with Crippen molar-refractivity contribution in [2.45, 2.75) is 13.3 Å². The van der Waals surface area contributed by atoms with Crippen molar-refractivity contribution < 1.29 is 9.47 Å². The Labute approximate surface area is 142 Å². The van der Waals surface area contributed by atoms with Crippen molar-refractivity contribution in [1.82, 2.24) is 9.97 Å². The number of hydrogen-bond donors (Lipinski definition) is 1. The molecule has 24 heavy (non-hydrogen) atoms. The Morgan fingerprint density at radius 3 is 2.67 bits per heavy atom. The zero-order valence-electron chi connectivity index (χ0n) is 14.3. The Morgan fingerprint density at radius 2 is 1.96 bits per heavy atom. The summed E-state index contributed by atoms with van der Waals surface area (Å²) in [5.41, 5.74) is 2.32. The molecule has 0 bridgehead atoms. The van der Waals surface area contributed by atoms with Gasteiger partial charge in [0.25, 0.3) is 0 Å². The molecular weight excluding hydrogens is 304 g/mol. The van der Waals surface area contributed by atoms with E-state index in [1.807, 2.05) is 25.3 Å². The van der Waals surface area contributed by atoms with Gasteiger partial charge >= 0.3 is 0 Å². The summed E-state index contributed by atoms with van der Waals surface area (Å²) in [6.45, 7) is 6.00. The summed E-state index contributed by atoms with van der Waals surface area (Å²) in [5, 5.41) is 3.43. The molecule has 1 aliphatic rings. The summed E-state index contributed by atoms with van der Waals surface area (Å²) in [5.74, 6) is 2.56. The van der Waals surface area contributed by atoms with Crippen LogP contribution >= 0.6 is 0 Å². The maximum atomic E-state index is 5.38. The largest absolute Gasteiger partial charge is 0.497 e. The van der Waals surface area contributed by atoms with Crippen LogP contribution in [0.4, 0.5) is 11.8 Å². The van der Waals surface area contributed by atoms with Crippen molar-refractivity contribution in [3.05, 3.63) is 41.6 Å². The highest BCUT2D eigenvalue weighted by molar-refractivity contribution is 5.47. The number of morpholine rings is 1. The molecule has 1 aliphatic heterocycles. The molecule has 1 aromatic heterocycles. The van der Waals surface area contributed by atoms with Gasteiger partial charge in [0.1, 0.15) is 11.6 Å². The first-order valence-electron chi connectivity index (χ1n) is 8.29. The first-order chi connectivity index (χ1) is 11.8. The molecule has 3 rings (SSSR count). The monoisotopic (exact) mass is 328 g/mol. The van der Waals surface area contributed by atoms with Gasteiger partial charge < -0.3 is 19.7 Å². The third-order valence-corrected chi connectivity index (χ3v) is 4.12. The summed E-state index contributed by atoms with van der Waals surface area (Å²) in [7, 11) is 1.68. The van der Waals surface area contributed by atoms with Gasteiger partial charge in [-0.15, -0.1) is 0 Å². The van der Waals surface area contributed by atoms with Crippen molar-refractivity contribution in [3.63, 3.8) is 0 Å². The van der Waals surface area contributed by atoms with Gasteiger partial charge in [-0.25, -0.2) is 4.98 Å². The molecule has 0 aliphatic carbocycles. The molecule has 2 heterocycles. The summed E-state index contributed by atoms with van der Waals surface area (Å²) in [6, 6.07) is 8.16. The van der Waals surface area contributed by atoms with Crippen LogP contribution in [0.5, 0.6) is 5.75 Å². The van der Waals surface area contributed by atoms with E-state index in [2.05, 4.69) is 32.3 Å². The highest BCUT2D eigenvalue weighted by Crippen LogP contribution is 2.17. The number of rotatable bonds is 6. The standard InChI is InChI=1S/C18H24N4O2/c1-14-13-20-18(22-9-11-24-12-10-22)21-17(14)19-8-7-15-3-5-16(23-2)6-4-15/h3-6,13H,7-12H2,1-2H3,(H,19,20,21). The third-order valence-electron chi connectivity index (χ3n) is 4.12. The SMILES string of the molecule is COc1ccc(CCNc2nc(N3CCOCC3)ncc2C)cc1. The normalized spacial score (nSPS) is 14.5. The number of hydrogen-bond acceptors (Lipinski definition) is 6. The molecule has 0 saturated carbocycles. The molecule has 0 spiro atoms. The molecule has 0 amide bonds. The first kappa shape index (κ1) is 16.5. The predicted molar refractivity (Wildman–Crippen MR) is 95.0 cm³/mol. The summed E-state index contributed by atoms with van der Waals surface area (Å²) < 4.78 is 10.6. The van der Waals surface area contributed by atoms with Crippen molar-refractivity contribution in [2.24, 2.45) is 0 Å². The molecule has 0 radical (unpaired) electrons. The fraction of sp³-hybridized carbons (Fsp3) is 0.444. The van der Waals surface area contributed by atoms with E-state index in [1.54, 1.807) is 7.11 Å². The minimum atomic E-state index is 0.734. The molecule has 128 valence electrons. The van der Waals surface area contributed by atoms with E-state index < -0.39 is 0 Å². The van der Waals surface area contributed by atoms with Gasteiger partial charge in [0.05, 0.1) is 20.3 Å². The Balaban J connectivity index is 1.59. The molecule has 0 unspecified atom stereocenters. The van der Waals surface area contributed by atoms with E-state index in [9.17, 15) is 0 Å². The van der Waals surface area contributed by atoms with Crippen LogP contribution in [0.15, 0.2) is 30.5 Å². The number of methoxy groups -OCH3 is 1. The number of ether oxygens (including phenoxy) is 2. The van der Waals surface area contributed by atoms with E-state index in [4.69, 9.17) is 9.47 Å². The first-order valence-corrected chi connectivity index (χ1v) is 8.29. The number of nitrogens with one attached hydrogen (secondary N) is 1. The molecule has 6 nitrogen and oxygen atoms in total.